The standard InChI is InChI=1S/C37H51NO3/c1-4-7-16-34(14-5-2)41-35-23-21-31(22-24-35)30-17-19-32(20-18-30)33-15-13-26-37(28-33,29-38)25-11-9-8-10-12-27-40-36(39)6-3/h6,17-24,33-34H,3-5,7-16,25-28H2,1-2H3. The van der Waals surface area contributed by atoms with Gasteiger partial charge >= 0.3 is 5.97 Å². The molecule has 2 aromatic carbocycles. The van der Waals surface area contributed by atoms with Crippen LogP contribution in [0.5, 0.6) is 5.75 Å². The van der Waals surface area contributed by atoms with E-state index in [-0.39, 0.29) is 11.4 Å². The van der Waals surface area contributed by atoms with Gasteiger partial charge in [0.25, 0.3) is 0 Å². The fourth-order valence-electron chi connectivity index (χ4n) is 6.24. The molecule has 41 heavy (non-hydrogen) atoms. The largest absolute Gasteiger partial charge is 0.490 e. The van der Waals surface area contributed by atoms with Crippen LogP contribution >= 0.6 is 0 Å². The Morgan fingerprint density at radius 1 is 0.976 bits per heavy atom. The van der Waals surface area contributed by atoms with E-state index < -0.39 is 0 Å². The minimum Gasteiger partial charge on any atom is -0.490 e. The van der Waals surface area contributed by atoms with Crippen LogP contribution in [-0.2, 0) is 9.53 Å². The molecule has 0 bridgehead atoms. The van der Waals surface area contributed by atoms with Crippen molar-refractivity contribution in [2.24, 2.45) is 5.41 Å². The molecular formula is C37H51NO3. The highest BCUT2D eigenvalue weighted by molar-refractivity contribution is 5.81. The van der Waals surface area contributed by atoms with E-state index in [0.29, 0.717) is 18.6 Å². The fourth-order valence-corrected chi connectivity index (χ4v) is 6.24. The Labute approximate surface area is 249 Å². The summed E-state index contributed by atoms with van der Waals surface area (Å²) in [5.41, 5.74) is 3.58. The van der Waals surface area contributed by atoms with Crippen LogP contribution in [0.2, 0.25) is 0 Å². The number of esters is 1. The third kappa shape index (κ3) is 10.7. The van der Waals surface area contributed by atoms with E-state index in [2.05, 4.69) is 75.0 Å². The van der Waals surface area contributed by atoms with Crippen molar-refractivity contribution < 1.29 is 14.3 Å². The van der Waals surface area contributed by atoms with Crippen LogP contribution in [0.1, 0.15) is 122 Å². The van der Waals surface area contributed by atoms with Gasteiger partial charge in [-0.15, -0.1) is 0 Å². The summed E-state index contributed by atoms with van der Waals surface area (Å²) in [5.74, 6) is 1.07. The van der Waals surface area contributed by atoms with Gasteiger partial charge in [0.2, 0.25) is 0 Å². The minimum absolute atomic E-state index is 0.205. The van der Waals surface area contributed by atoms with Crippen LogP contribution in [0.3, 0.4) is 0 Å². The van der Waals surface area contributed by atoms with E-state index in [1.807, 2.05) is 0 Å². The van der Waals surface area contributed by atoms with Crippen molar-refractivity contribution in [3.8, 4) is 22.9 Å². The Morgan fingerprint density at radius 2 is 1.66 bits per heavy atom. The van der Waals surface area contributed by atoms with Gasteiger partial charge in [-0.05, 0) is 79.7 Å². The summed E-state index contributed by atoms with van der Waals surface area (Å²) in [6, 6.07) is 20.3. The molecule has 0 saturated heterocycles. The van der Waals surface area contributed by atoms with Gasteiger partial charge in [0.05, 0.1) is 24.2 Å². The molecule has 3 atom stereocenters. The first-order valence-corrected chi connectivity index (χ1v) is 16.1. The Kier molecular flexibility index (Phi) is 14.0. The van der Waals surface area contributed by atoms with Crippen molar-refractivity contribution in [1.82, 2.24) is 0 Å². The van der Waals surface area contributed by atoms with E-state index in [4.69, 9.17) is 9.47 Å². The zero-order valence-corrected chi connectivity index (χ0v) is 25.5. The molecule has 1 aliphatic rings. The second-order valence-electron chi connectivity index (χ2n) is 11.9. The predicted molar refractivity (Wildman–Crippen MR) is 169 cm³/mol. The highest BCUT2D eigenvalue weighted by Gasteiger charge is 2.36. The number of nitriles is 1. The summed E-state index contributed by atoms with van der Waals surface area (Å²) in [4.78, 5) is 11.1. The number of hydrogen-bond donors (Lipinski definition) is 0. The number of rotatable bonds is 18. The van der Waals surface area contributed by atoms with E-state index in [1.165, 1.54) is 35.6 Å². The highest BCUT2D eigenvalue weighted by Crippen LogP contribution is 2.47. The second kappa shape index (κ2) is 17.7. The summed E-state index contributed by atoms with van der Waals surface area (Å²) in [5, 5.41) is 10.2. The van der Waals surface area contributed by atoms with Crippen molar-refractivity contribution in [2.75, 3.05) is 6.61 Å². The fraction of sp³-hybridized carbons (Fsp3) is 0.568. The minimum atomic E-state index is -0.347. The maximum absolute atomic E-state index is 11.1. The average Bonchev–Trinajstić information content (AvgIpc) is 3.01. The lowest BCUT2D eigenvalue weighted by atomic mass is 9.66. The molecule has 222 valence electrons. The van der Waals surface area contributed by atoms with E-state index in [9.17, 15) is 10.1 Å². The number of carbonyl (C=O) groups excluding carboxylic acids is 1. The summed E-state index contributed by atoms with van der Waals surface area (Å²) in [6.45, 7) is 8.34. The molecule has 3 rings (SSSR count). The van der Waals surface area contributed by atoms with Crippen molar-refractivity contribution >= 4 is 5.97 Å². The molecule has 0 radical (unpaired) electrons. The summed E-state index contributed by atoms with van der Waals surface area (Å²) < 4.78 is 11.3. The first kappa shape index (κ1) is 32.5. The first-order chi connectivity index (χ1) is 20.0. The lowest BCUT2D eigenvalue weighted by Gasteiger charge is -2.36. The third-order valence-corrected chi connectivity index (χ3v) is 8.66. The van der Waals surface area contributed by atoms with Crippen LogP contribution in [0, 0.1) is 16.7 Å². The smallest absolute Gasteiger partial charge is 0.330 e. The molecule has 2 aromatic rings. The lowest BCUT2D eigenvalue weighted by Crippen LogP contribution is -2.26. The molecule has 0 spiro atoms. The average molecular weight is 558 g/mol. The SMILES string of the molecule is C=CC(=O)OCCCCCCCC1(C#N)CCCC(c2ccc(-c3ccc(OC(CCC)CCCC)cc3)cc2)C1. The number of nitrogens with zero attached hydrogens (tertiary/aromatic N) is 1. The van der Waals surface area contributed by atoms with Crippen LogP contribution in [0.4, 0.5) is 0 Å². The molecule has 4 nitrogen and oxygen atoms in total. The van der Waals surface area contributed by atoms with Crippen molar-refractivity contribution in [2.45, 2.75) is 122 Å². The molecule has 0 aliphatic heterocycles. The maximum atomic E-state index is 11.1. The molecule has 0 aromatic heterocycles. The number of benzene rings is 2. The van der Waals surface area contributed by atoms with Crippen molar-refractivity contribution in [3.05, 3.63) is 66.7 Å². The summed E-state index contributed by atoms with van der Waals surface area (Å²) in [7, 11) is 0. The maximum Gasteiger partial charge on any atom is 0.330 e. The van der Waals surface area contributed by atoms with Crippen LogP contribution in [0.25, 0.3) is 11.1 Å². The van der Waals surface area contributed by atoms with Gasteiger partial charge in [-0.25, -0.2) is 4.79 Å². The van der Waals surface area contributed by atoms with Crippen molar-refractivity contribution in [3.63, 3.8) is 0 Å². The molecule has 0 N–H and O–H groups in total. The molecule has 0 amide bonds. The topological polar surface area (TPSA) is 59.3 Å². The van der Waals surface area contributed by atoms with Crippen LogP contribution in [0.15, 0.2) is 61.2 Å². The van der Waals surface area contributed by atoms with Gasteiger partial charge in [0.15, 0.2) is 0 Å². The molecule has 3 unspecified atom stereocenters. The molecule has 1 saturated carbocycles. The Bertz CT molecular complexity index is 1080. The second-order valence-corrected chi connectivity index (χ2v) is 11.9. The van der Waals surface area contributed by atoms with Gasteiger partial charge in [0.1, 0.15) is 5.75 Å². The summed E-state index contributed by atoms with van der Waals surface area (Å²) >= 11 is 0. The Morgan fingerprint density at radius 3 is 2.32 bits per heavy atom. The first-order valence-electron chi connectivity index (χ1n) is 16.1. The van der Waals surface area contributed by atoms with E-state index in [0.717, 1.165) is 89.2 Å². The molecule has 0 heterocycles. The van der Waals surface area contributed by atoms with Crippen LogP contribution in [-0.4, -0.2) is 18.7 Å². The van der Waals surface area contributed by atoms with Gasteiger partial charge in [0, 0.05) is 6.08 Å². The zero-order chi connectivity index (χ0) is 29.3. The van der Waals surface area contributed by atoms with Crippen LogP contribution < -0.4 is 4.74 Å². The van der Waals surface area contributed by atoms with E-state index >= 15 is 0 Å². The molecular weight excluding hydrogens is 506 g/mol. The number of ether oxygens (including phenoxy) is 2. The quantitative estimate of drug-likeness (QED) is 0.104. The monoisotopic (exact) mass is 557 g/mol. The van der Waals surface area contributed by atoms with Crippen molar-refractivity contribution in [1.29, 1.82) is 5.26 Å². The van der Waals surface area contributed by atoms with Gasteiger partial charge in [-0.2, -0.15) is 5.26 Å². The zero-order valence-electron chi connectivity index (χ0n) is 25.5. The molecule has 1 aliphatic carbocycles. The highest BCUT2D eigenvalue weighted by atomic mass is 16.5. The predicted octanol–water partition coefficient (Wildman–Crippen LogP) is 10.3. The molecule has 4 heteroatoms. The van der Waals surface area contributed by atoms with Gasteiger partial charge < -0.3 is 9.47 Å². The summed E-state index contributed by atoms with van der Waals surface area (Å²) in [6.07, 6.45) is 17.8. The number of carbonyl (C=O) groups is 1. The van der Waals surface area contributed by atoms with Gasteiger partial charge in [-0.1, -0.05) is 108 Å². The molecule has 1 fully saturated rings. The Balaban J connectivity index is 1.49. The number of unbranched alkanes of at least 4 members (excludes halogenated alkanes) is 5. The number of hydrogen-bond acceptors (Lipinski definition) is 4. The third-order valence-electron chi connectivity index (χ3n) is 8.66. The normalized spacial score (nSPS) is 19.2. The lowest BCUT2D eigenvalue weighted by molar-refractivity contribution is -0.137. The van der Waals surface area contributed by atoms with Gasteiger partial charge in [-0.3, -0.25) is 0 Å². The van der Waals surface area contributed by atoms with E-state index in [1.54, 1.807) is 0 Å². The Hall–Kier alpha value is -3.06.